The van der Waals surface area contributed by atoms with E-state index >= 15 is 0 Å². The largest absolute Gasteiger partial charge is 0.281 e. The van der Waals surface area contributed by atoms with Crippen LogP contribution in [0.25, 0.3) is 0 Å². The Morgan fingerprint density at radius 2 is 2.36 bits per heavy atom. The molecule has 0 aliphatic heterocycles. The molecule has 0 spiro atoms. The average molecular weight is 169 g/mol. The summed E-state index contributed by atoms with van der Waals surface area (Å²) in [5.41, 5.74) is 0.154. The van der Waals surface area contributed by atoms with Crippen LogP contribution in [-0.2, 0) is 4.79 Å². The van der Waals surface area contributed by atoms with Crippen LogP contribution in [0.3, 0.4) is 0 Å². The van der Waals surface area contributed by atoms with Crippen LogP contribution >= 0.6 is 12.6 Å². The van der Waals surface area contributed by atoms with Gasteiger partial charge < -0.3 is 0 Å². The topological polar surface area (TPSA) is 40.9 Å². The molecule has 11 heavy (non-hydrogen) atoms. The average Bonchev–Trinajstić information content (AvgIpc) is 1.97. The molecule has 0 radical (unpaired) electrons. The van der Waals surface area contributed by atoms with Crippen molar-refractivity contribution < 1.29 is 4.79 Å². The zero-order valence-electron chi connectivity index (χ0n) is 6.50. The van der Waals surface area contributed by atoms with Gasteiger partial charge in [0.15, 0.2) is 0 Å². The van der Waals surface area contributed by atoms with Crippen LogP contribution in [0.5, 0.6) is 0 Å². The first-order valence-corrected chi connectivity index (χ1v) is 4.00. The zero-order chi connectivity index (χ0) is 8.69. The van der Waals surface area contributed by atoms with Crippen LogP contribution in [0, 0.1) is 11.3 Å². The fourth-order valence-corrected chi connectivity index (χ4v) is 0.773. The van der Waals surface area contributed by atoms with E-state index in [2.05, 4.69) is 19.6 Å². The molecule has 0 saturated heterocycles. The Kier molecular flexibility index (Phi) is 5.58. The molecule has 60 valence electrons. The quantitative estimate of drug-likeness (QED) is 0.303. The van der Waals surface area contributed by atoms with Crippen molar-refractivity contribution in [3.8, 4) is 6.07 Å². The predicted octanol–water partition coefficient (Wildman–Crippen LogP) is 2.08. The van der Waals surface area contributed by atoms with Crippen molar-refractivity contribution in [3.63, 3.8) is 0 Å². The molecule has 0 aliphatic rings. The number of carbonyl (C=O) groups excluding carboxylic acids is 1. The molecule has 0 heterocycles. The third-order valence-corrected chi connectivity index (χ3v) is 1.50. The highest BCUT2D eigenvalue weighted by Gasteiger charge is 2.00. The predicted molar refractivity (Wildman–Crippen MR) is 47.2 cm³/mol. The van der Waals surface area contributed by atoms with Gasteiger partial charge in [0.25, 0.3) is 0 Å². The number of hydrogen-bond acceptors (Lipinski definition) is 2. The van der Waals surface area contributed by atoms with Crippen molar-refractivity contribution in [1.29, 1.82) is 5.26 Å². The van der Waals surface area contributed by atoms with Crippen LogP contribution in [0.2, 0.25) is 0 Å². The molecule has 2 nitrogen and oxygen atoms in total. The maximum Gasteiger partial charge on any atom is 0.226 e. The molecule has 0 aromatic carbocycles. The van der Waals surface area contributed by atoms with Crippen LogP contribution in [-0.4, -0.2) is 5.12 Å². The second-order valence-corrected chi connectivity index (χ2v) is 2.58. The van der Waals surface area contributed by atoms with Crippen molar-refractivity contribution in [1.82, 2.24) is 0 Å². The third-order valence-electron chi connectivity index (χ3n) is 1.26. The maximum absolute atomic E-state index is 10.5. The van der Waals surface area contributed by atoms with Gasteiger partial charge in [0.1, 0.15) is 11.6 Å². The normalized spacial score (nSPS) is 10.8. The fraction of sp³-hybridized carbons (Fsp3) is 0.500. The monoisotopic (exact) mass is 169 g/mol. The minimum absolute atomic E-state index is 0.154. The number of allylic oxidation sites excluding steroid dienone is 1. The first-order valence-electron chi connectivity index (χ1n) is 3.56. The number of rotatable bonds is 4. The second-order valence-electron chi connectivity index (χ2n) is 2.18. The lowest BCUT2D eigenvalue weighted by Crippen LogP contribution is -1.89. The Bertz CT molecular complexity index is 203. The van der Waals surface area contributed by atoms with E-state index in [1.165, 1.54) is 0 Å². The summed E-state index contributed by atoms with van der Waals surface area (Å²) < 4.78 is 0. The SMILES string of the molecule is CCCCC=C(C#N)C(=O)S. The molecule has 0 aromatic heterocycles. The van der Waals surface area contributed by atoms with Gasteiger partial charge in [-0.1, -0.05) is 38.5 Å². The van der Waals surface area contributed by atoms with Gasteiger partial charge in [-0.05, 0) is 6.42 Å². The summed E-state index contributed by atoms with van der Waals surface area (Å²) >= 11 is 3.55. The van der Waals surface area contributed by atoms with Gasteiger partial charge in [-0.15, -0.1) is 0 Å². The summed E-state index contributed by atoms with van der Waals surface area (Å²) in [5.74, 6) is 0. The van der Waals surface area contributed by atoms with E-state index in [-0.39, 0.29) is 5.57 Å². The summed E-state index contributed by atoms with van der Waals surface area (Å²) in [6, 6.07) is 1.80. The van der Waals surface area contributed by atoms with Crippen LogP contribution in [0.1, 0.15) is 26.2 Å². The Labute approximate surface area is 72.3 Å². The second kappa shape index (κ2) is 5.99. The van der Waals surface area contributed by atoms with Gasteiger partial charge >= 0.3 is 0 Å². The third kappa shape index (κ3) is 4.63. The Balaban J connectivity index is 3.95. The molecule has 0 atom stereocenters. The van der Waals surface area contributed by atoms with E-state index in [1.54, 1.807) is 12.1 Å². The minimum atomic E-state index is -0.441. The summed E-state index contributed by atoms with van der Waals surface area (Å²) in [7, 11) is 0. The molecule has 0 rings (SSSR count). The van der Waals surface area contributed by atoms with Crippen molar-refractivity contribution >= 4 is 17.7 Å². The van der Waals surface area contributed by atoms with Gasteiger partial charge in [0.2, 0.25) is 5.12 Å². The molecule has 0 unspecified atom stereocenters. The lowest BCUT2D eigenvalue weighted by molar-refractivity contribution is -0.107. The smallest absolute Gasteiger partial charge is 0.226 e. The number of nitrogens with zero attached hydrogens (tertiary/aromatic N) is 1. The van der Waals surface area contributed by atoms with Crippen molar-refractivity contribution in [3.05, 3.63) is 11.6 Å². The van der Waals surface area contributed by atoms with Crippen LogP contribution in [0.4, 0.5) is 0 Å². The van der Waals surface area contributed by atoms with E-state index in [0.29, 0.717) is 0 Å². The Morgan fingerprint density at radius 1 is 1.73 bits per heavy atom. The Hall–Kier alpha value is -0.750. The molecular formula is C8H11NOS. The maximum atomic E-state index is 10.5. The summed E-state index contributed by atoms with van der Waals surface area (Å²) in [6.45, 7) is 2.06. The first-order chi connectivity index (χ1) is 5.22. The molecular weight excluding hydrogens is 158 g/mol. The van der Waals surface area contributed by atoms with Gasteiger partial charge in [0, 0.05) is 0 Å². The molecule has 0 bridgehead atoms. The number of carbonyl (C=O) groups is 1. The minimum Gasteiger partial charge on any atom is -0.281 e. The molecule has 0 amide bonds. The van der Waals surface area contributed by atoms with Crippen molar-refractivity contribution in [2.24, 2.45) is 0 Å². The lowest BCUT2D eigenvalue weighted by Gasteiger charge is -1.90. The van der Waals surface area contributed by atoms with E-state index < -0.39 is 5.12 Å². The molecule has 3 heteroatoms. The van der Waals surface area contributed by atoms with E-state index in [4.69, 9.17) is 5.26 Å². The fourth-order valence-electron chi connectivity index (χ4n) is 0.631. The highest BCUT2D eigenvalue weighted by Crippen LogP contribution is 2.03. The molecule has 0 aliphatic carbocycles. The van der Waals surface area contributed by atoms with Crippen molar-refractivity contribution in [2.75, 3.05) is 0 Å². The summed E-state index contributed by atoms with van der Waals surface area (Å²) in [4.78, 5) is 10.5. The number of thiol groups is 1. The Morgan fingerprint density at radius 3 is 2.73 bits per heavy atom. The summed E-state index contributed by atoms with van der Waals surface area (Å²) in [6.07, 6.45) is 4.49. The highest BCUT2D eigenvalue weighted by molar-refractivity contribution is 7.97. The van der Waals surface area contributed by atoms with E-state index in [9.17, 15) is 4.79 Å². The van der Waals surface area contributed by atoms with Crippen LogP contribution in [0.15, 0.2) is 11.6 Å². The van der Waals surface area contributed by atoms with Gasteiger partial charge in [-0.25, -0.2) is 0 Å². The standard InChI is InChI=1S/C8H11NOS/c1-2-3-4-5-7(6-9)8(10)11/h5H,2-4H2,1H3,(H,10,11). The molecule has 0 saturated carbocycles. The lowest BCUT2D eigenvalue weighted by atomic mass is 10.2. The van der Waals surface area contributed by atoms with E-state index in [0.717, 1.165) is 19.3 Å². The summed E-state index contributed by atoms with van der Waals surface area (Å²) in [5, 5.41) is 7.97. The zero-order valence-corrected chi connectivity index (χ0v) is 7.40. The molecule has 0 fully saturated rings. The number of nitriles is 1. The highest BCUT2D eigenvalue weighted by atomic mass is 32.1. The number of hydrogen-bond donors (Lipinski definition) is 1. The van der Waals surface area contributed by atoms with E-state index in [1.807, 2.05) is 0 Å². The van der Waals surface area contributed by atoms with Crippen molar-refractivity contribution in [2.45, 2.75) is 26.2 Å². The van der Waals surface area contributed by atoms with Crippen LogP contribution < -0.4 is 0 Å². The molecule has 0 aromatic rings. The van der Waals surface area contributed by atoms with Gasteiger partial charge in [0.05, 0.1) is 0 Å². The number of unbranched alkanes of at least 4 members (excludes halogenated alkanes) is 2. The van der Waals surface area contributed by atoms with Gasteiger partial charge in [-0.3, -0.25) is 4.79 Å². The molecule has 0 N–H and O–H groups in total. The first kappa shape index (κ1) is 10.2. The van der Waals surface area contributed by atoms with Gasteiger partial charge in [-0.2, -0.15) is 5.26 Å².